The monoisotopic (exact) mass is 302 g/mol. The van der Waals surface area contributed by atoms with E-state index >= 15 is 0 Å². The number of nitrogens with zero attached hydrogens (tertiary/aromatic N) is 3. The first kappa shape index (κ1) is 16.1. The molecule has 22 heavy (non-hydrogen) atoms. The summed E-state index contributed by atoms with van der Waals surface area (Å²) in [5.74, 6) is 0.636. The van der Waals surface area contributed by atoms with Crippen LogP contribution in [-0.2, 0) is 20.1 Å². The van der Waals surface area contributed by atoms with Gasteiger partial charge in [-0.25, -0.2) is 4.39 Å². The van der Waals surface area contributed by atoms with Crippen LogP contribution in [0.1, 0.15) is 16.8 Å². The van der Waals surface area contributed by atoms with E-state index in [4.69, 9.17) is 0 Å². The lowest BCUT2D eigenvalue weighted by atomic mass is 10.1. The molecule has 0 unspecified atom stereocenters. The fourth-order valence-corrected chi connectivity index (χ4v) is 2.36. The van der Waals surface area contributed by atoms with Gasteiger partial charge in [0, 0.05) is 39.6 Å². The number of guanidine groups is 1. The quantitative estimate of drug-likeness (QED) is 0.696. The fraction of sp³-hybridized carbons (Fsp3) is 0.353. The number of hydrogen-bond acceptors (Lipinski definition) is 1. The topological polar surface area (TPSA) is 32.6 Å². The summed E-state index contributed by atoms with van der Waals surface area (Å²) in [5, 5.41) is 3.31. The molecule has 0 aliphatic carbocycles. The molecule has 0 radical (unpaired) electrons. The molecule has 1 N–H and O–H groups in total. The number of aliphatic imine (C=N–C) groups is 1. The van der Waals surface area contributed by atoms with Crippen LogP contribution < -0.4 is 5.32 Å². The minimum absolute atomic E-state index is 0.172. The predicted molar refractivity (Wildman–Crippen MR) is 88.2 cm³/mol. The standard InChI is InChI=1S/C17H23FN4/c1-13-10-14(7-8-16(13)18)11-20-17(19-2)22(4)12-15-6-5-9-21(15)3/h5-10H,11-12H2,1-4H3,(H,19,20). The van der Waals surface area contributed by atoms with E-state index in [1.807, 2.05) is 32.4 Å². The van der Waals surface area contributed by atoms with Crippen molar-refractivity contribution in [2.24, 2.45) is 12.0 Å². The van der Waals surface area contributed by atoms with Crippen LogP contribution in [0.5, 0.6) is 0 Å². The molecular weight excluding hydrogens is 279 g/mol. The largest absolute Gasteiger partial charge is 0.353 e. The van der Waals surface area contributed by atoms with Gasteiger partial charge in [0.05, 0.1) is 6.54 Å². The number of rotatable bonds is 4. The van der Waals surface area contributed by atoms with E-state index in [2.05, 4.69) is 25.8 Å². The normalized spacial score (nSPS) is 11.6. The van der Waals surface area contributed by atoms with Gasteiger partial charge in [0.25, 0.3) is 0 Å². The van der Waals surface area contributed by atoms with Gasteiger partial charge in [-0.05, 0) is 36.2 Å². The lowest BCUT2D eigenvalue weighted by Crippen LogP contribution is -2.38. The minimum Gasteiger partial charge on any atom is -0.353 e. The third-order valence-electron chi connectivity index (χ3n) is 3.70. The second-order valence-corrected chi connectivity index (χ2v) is 5.45. The van der Waals surface area contributed by atoms with Gasteiger partial charge in [-0.3, -0.25) is 4.99 Å². The Hall–Kier alpha value is -2.30. The lowest BCUT2D eigenvalue weighted by Gasteiger charge is -2.22. The van der Waals surface area contributed by atoms with Crippen molar-refractivity contribution in [3.63, 3.8) is 0 Å². The number of nitrogens with one attached hydrogen (secondary N) is 1. The Morgan fingerprint density at radius 3 is 2.73 bits per heavy atom. The van der Waals surface area contributed by atoms with Crippen LogP contribution in [0.4, 0.5) is 4.39 Å². The van der Waals surface area contributed by atoms with Crippen LogP contribution in [0.3, 0.4) is 0 Å². The number of benzene rings is 1. The second kappa shape index (κ2) is 7.11. The van der Waals surface area contributed by atoms with Crippen LogP contribution in [0.15, 0.2) is 41.5 Å². The van der Waals surface area contributed by atoms with Gasteiger partial charge in [0.15, 0.2) is 5.96 Å². The smallest absolute Gasteiger partial charge is 0.194 e. The van der Waals surface area contributed by atoms with Crippen LogP contribution in [-0.4, -0.2) is 29.5 Å². The molecule has 4 nitrogen and oxygen atoms in total. The SMILES string of the molecule is CN=C(NCc1ccc(F)c(C)c1)N(C)Cc1cccn1C. The van der Waals surface area contributed by atoms with E-state index in [-0.39, 0.29) is 5.82 Å². The number of aryl methyl sites for hydroxylation is 2. The summed E-state index contributed by atoms with van der Waals surface area (Å²) < 4.78 is 15.4. The maximum Gasteiger partial charge on any atom is 0.194 e. The zero-order valence-electron chi connectivity index (χ0n) is 13.6. The number of halogens is 1. The van der Waals surface area contributed by atoms with Crippen molar-refractivity contribution in [2.75, 3.05) is 14.1 Å². The van der Waals surface area contributed by atoms with Gasteiger partial charge in [-0.1, -0.05) is 12.1 Å². The molecule has 0 aliphatic rings. The Morgan fingerprint density at radius 2 is 2.14 bits per heavy atom. The summed E-state index contributed by atoms with van der Waals surface area (Å²) in [7, 11) is 5.79. The van der Waals surface area contributed by atoms with Crippen molar-refractivity contribution in [1.82, 2.24) is 14.8 Å². The highest BCUT2D eigenvalue weighted by Crippen LogP contribution is 2.09. The molecule has 5 heteroatoms. The molecule has 118 valence electrons. The van der Waals surface area contributed by atoms with E-state index in [1.165, 1.54) is 11.8 Å². The van der Waals surface area contributed by atoms with Gasteiger partial charge >= 0.3 is 0 Å². The molecule has 0 atom stereocenters. The van der Waals surface area contributed by atoms with Crippen molar-refractivity contribution < 1.29 is 4.39 Å². The molecule has 1 heterocycles. The average Bonchev–Trinajstić information content (AvgIpc) is 2.88. The Labute approximate surface area is 131 Å². The van der Waals surface area contributed by atoms with E-state index in [1.54, 1.807) is 20.0 Å². The summed E-state index contributed by atoms with van der Waals surface area (Å²) in [4.78, 5) is 6.36. The summed E-state index contributed by atoms with van der Waals surface area (Å²) >= 11 is 0. The third kappa shape index (κ3) is 3.87. The fourth-order valence-electron chi connectivity index (χ4n) is 2.36. The van der Waals surface area contributed by atoms with Crippen molar-refractivity contribution in [1.29, 1.82) is 0 Å². The van der Waals surface area contributed by atoms with Gasteiger partial charge in [-0.2, -0.15) is 0 Å². The number of aromatic nitrogens is 1. The highest BCUT2D eigenvalue weighted by molar-refractivity contribution is 5.79. The van der Waals surface area contributed by atoms with E-state index in [0.29, 0.717) is 12.1 Å². The molecule has 0 aliphatic heterocycles. The van der Waals surface area contributed by atoms with E-state index in [9.17, 15) is 4.39 Å². The maximum atomic E-state index is 13.3. The molecule has 0 fully saturated rings. The van der Waals surface area contributed by atoms with Crippen molar-refractivity contribution in [3.05, 3.63) is 59.2 Å². The molecular formula is C17H23FN4. The first-order valence-corrected chi connectivity index (χ1v) is 7.28. The zero-order chi connectivity index (χ0) is 16.1. The molecule has 1 aromatic heterocycles. The average molecular weight is 302 g/mol. The Morgan fingerprint density at radius 1 is 1.36 bits per heavy atom. The molecule has 2 rings (SSSR count). The zero-order valence-corrected chi connectivity index (χ0v) is 13.6. The van der Waals surface area contributed by atoms with Crippen molar-refractivity contribution >= 4 is 5.96 Å². The first-order chi connectivity index (χ1) is 10.5. The first-order valence-electron chi connectivity index (χ1n) is 7.28. The highest BCUT2D eigenvalue weighted by Gasteiger charge is 2.08. The van der Waals surface area contributed by atoms with Crippen LogP contribution in [0.2, 0.25) is 0 Å². The van der Waals surface area contributed by atoms with Crippen molar-refractivity contribution in [3.8, 4) is 0 Å². The van der Waals surface area contributed by atoms with Crippen LogP contribution >= 0.6 is 0 Å². The van der Waals surface area contributed by atoms with E-state index < -0.39 is 0 Å². The second-order valence-electron chi connectivity index (χ2n) is 5.45. The highest BCUT2D eigenvalue weighted by atomic mass is 19.1. The molecule has 0 amide bonds. The molecule has 0 saturated carbocycles. The Balaban J connectivity index is 1.97. The molecule has 2 aromatic rings. The number of hydrogen-bond donors (Lipinski definition) is 1. The lowest BCUT2D eigenvalue weighted by molar-refractivity contribution is 0.461. The Kier molecular flexibility index (Phi) is 5.20. The summed E-state index contributed by atoms with van der Waals surface area (Å²) in [6.45, 7) is 3.16. The van der Waals surface area contributed by atoms with Gasteiger partial charge in [-0.15, -0.1) is 0 Å². The maximum absolute atomic E-state index is 13.3. The third-order valence-corrected chi connectivity index (χ3v) is 3.70. The molecule has 1 aromatic carbocycles. The molecule has 0 bridgehead atoms. The van der Waals surface area contributed by atoms with Crippen molar-refractivity contribution in [2.45, 2.75) is 20.0 Å². The molecule has 0 spiro atoms. The minimum atomic E-state index is -0.172. The van der Waals surface area contributed by atoms with Gasteiger partial charge in [0.1, 0.15) is 5.82 Å². The van der Waals surface area contributed by atoms with Crippen LogP contribution in [0, 0.1) is 12.7 Å². The summed E-state index contributed by atoms with van der Waals surface area (Å²) in [5.41, 5.74) is 2.90. The van der Waals surface area contributed by atoms with Gasteiger partial charge in [0.2, 0.25) is 0 Å². The Bertz CT molecular complexity index is 660. The summed E-state index contributed by atoms with van der Waals surface area (Å²) in [6.07, 6.45) is 2.03. The summed E-state index contributed by atoms with van der Waals surface area (Å²) in [6, 6.07) is 9.27. The van der Waals surface area contributed by atoms with Crippen LogP contribution in [0.25, 0.3) is 0 Å². The van der Waals surface area contributed by atoms with E-state index in [0.717, 1.165) is 18.1 Å². The predicted octanol–water partition coefficient (Wildman–Crippen LogP) is 2.68. The van der Waals surface area contributed by atoms with Gasteiger partial charge < -0.3 is 14.8 Å². The molecule has 0 saturated heterocycles.